The first-order valence-corrected chi connectivity index (χ1v) is 4.09. The number of phenolic OH excluding ortho intramolecular Hbond substituents is 1. The van der Waals surface area contributed by atoms with Crippen LogP contribution in [0.15, 0.2) is 17.1 Å². The van der Waals surface area contributed by atoms with Gasteiger partial charge in [-0.25, -0.2) is 9.79 Å². The summed E-state index contributed by atoms with van der Waals surface area (Å²) in [7, 11) is 1.50. The van der Waals surface area contributed by atoms with Gasteiger partial charge in [0.05, 0.1) is 13.7 Å². The summed E-state index contributed by atoms with van der Waals surface area (Å²) in [6.07, 6.45) is 1.47. The molecule has 0 saturated heterocycles. The Labute approximate surface area is 81.9 Å². The summed E-state index contributed by atoms with van der Waals surface area (Å²) >= 11 is 0. The van der Waals surface area contributed by atoms with Gasteiger partial charge < -0.3 is 9.84 Å². The van der Waals surface area contributed by atoms with Crippen LogP contribution in [0.25, 0.3) is 0 Å². The van der Waals surface area contributed by atoms with Gasteiger partial charge in [-0.05, 0) is 18.6 Å². The summed E-state index contributed by atoms with van der Waals surface area (Å²) in [6.45, 7) is 2.04. The number of aliphatic imine (C=N–C) groups is 1. The zero-order chi connectivity index (χ0) is 10.6. The highest BCUT2D eigenvalue weighted by Crippen LogP contribution is 2.28. The van der Waals surface area contributed by atoms with E-state index in [1.54, 1.807) is 6.07 Å². The number of isocyanates is 1. The molecule has 0 aromatic heterocycles. The molecular weight excluding hydrogens is 182 g/mol. The second-order valence-electron chi connectivity index (χ2n) is 2.85. The van der Waals surface area contributed by atoms with Gasteiger partial charge >= 0.3 is 0 Å². The van der Waals surface area contributed by atoms with Crippen LogP contribution in [0.3, 0.4) is 0 Å². The second kappa shape index (κ2) is 4.44. The van der Waals surface area contributed by atoms with E-state index < -0.39 is 0 Å². The number of methoxy groups -OCH3 is 1. The molecule has 0 aliphatic rings. The lowest BCUT2D eigenvalue weighted by atomic mass is 10.1. The van der Waals surface area contributed by atoms with Crippen molar-refractivity contribution in [1.29, 1.82) is 0 Å². The zero-order valence-corrected chi connectivity index (χ0v) is 8.07. The van der Waals surface area contributed by atoms with Crippen LogP contribution in [-0.2, 0) is 11.3 Å². The number of nitrogens with zero attached hydrogens (tertiary/aromatic N) is 1. The van der Waals surface area contributed by atoms with Crippen molar-refractivity contribution in [2.45, 2.75) is 13.5 Å². The molecule has 0 unspecified atom stereocenters. The average Bonchev–Trinajstić information content (AvgIpc) is 2.15. The highest BCUT2D eigenvalue weighted by atomic mass is 16.5. The van der Waals surface area contributed by atoms with Crippen molar-refractivity contribution in [2.24, 2.45) is 4.99 Å². The van der Waals surface area contributed by atoms with E-state index in [0.29, 0.717) is 5.75 Å². The second-order valence-corrected chi connectivity index (χ2v) is 2.85. The number of aromatic hydroxyl groups is 1. The van der Waals surface area contributed by atoms with Crippen LogP contribution < -0.4 is 4.74 Å². The molecule has 0 spiro atoms. The van der Waals surface area contributed by atoms with Crippen LogP contribution in [-0.4, -0.2) is 18.3 Å². The first-order chi connectivity index (χ1) is 6.69. The fourth-order valence-corrected chi connectivity index (χ4v) is 1.26. The first-order valence-electron chi connectivity index (χ1n) is 4.09. The third-order valence-corrected chi connectivity index (χ3v) is 1.94. The maximum absolute atomic E-state index is 9.97. The van der Waals surface area contributed by atoms with Gasteiger partial charge in [0.2, 0.25) is 6.08 Å². The largest absolute Gasteiger partial charge is 0.508 e. The van der Waals surface area contributed by atoms with Crippen LogP contribution in [0.5, 0.6) is 11.5 Å². The third-order valence-electron chi connectivity index (χ3n) is 1.94. The third kappa shape index (κ3) is 2.12. The topological polar surface area (TPSA) is 58.9 Å². The van der Waals surface area contributed by atoms with Gasteiger partial charge in [-0.2, -0.15) is 0 Å². The van der Waals surface area contributed by atoms with Gasteiger partial charge in [-0.15, -0.1) is 0 Å². The Hall–Kier alpha value is -1.80. The maximum atomic E-state index is 9.97. The minimum absolute atomic E-state index is 0.137. The minimum atomic E-state index is 0.137. The van der Waals surface area contributed by atoms with Crippen molar-refractivity contribution in [3.63, 3.8) is 0 Å². The van der Waals surface area contributed by atoms with Crippen molar-refractivity contribution in [3.8, 4) is 11.5 Å². The molecule has 4 nitrogen and oxygen atoms in total. The summed E-state index contributed by atoms with van der Waals surface area (Å²) in [5.41, 5.74) is 1.62. The fraction of sp³-hybridized carbons (Fsp3) is 0.300. The first kappa shape index (κ1) is 10.3. The van der Waals surface area contributed by atoms with E-state index in [1.807, 2.05) is 6.92 Å². The molecule has 0 aliphatic heterocycles. The SMILES string of the molecule is COc1cc(O)cc(C)c1CN=C=O. The molecule has 0 atom stereocenters. The summed E-state index contributed by atoms with van der Waals surface area (Å²) in [5.74, 6) is 0.666. The molecule has 1 aromatic rings. The lowest BCUT2D eigenvalue weighted by molar-refractivity contribution is 0.402. The monoisotopic (exact) mass is 193 g/mol. The Balaban J connectivity index is 3.17. The van der Waals surface area contributed by atoms with Crippen LogP contribution in [0, 0.1) is 6.92 Å². The summed E-state index contributed by atoms with van der Waals surface area (Å²) in [5, 5.41) is 9.29. The summed E-state index contributed by atoms with van der Waals surface area (Å²) in [6, 6.07) is 3.08. The molecule has 1 N–H and O–H groups in total. The summed E-state index contributed by atoms with van der Waals surface area (Å²) < 4.78 is 5.05. The maximum Gasteiger partial charge on any atom is 0.235 e. The Morgan fingerprint density at radius 3 is 2.86 bits per heavy atom. The molecule has 0 amide bonds. The molecule has 0 aliphatic carbocycles. The molecule has 4 heteroatoms. The molecule has 0 fully saturated rings. The number of phenols is 1. The van der Waals surface area contributed by atoms with E-state index in [0.717, 1.165) is 11.1 Å². The molecule has 1 rings (SSSR count). The molecule has 74 valence electrons. The van der Waals surface area contributed by atoms with Crippen LogP contribution in [0.2, 0.25) is 0 Å². The summed E-state index contributed by atoms with van der Waals surface area (Å²) in [4.78, 5) is 13.4. The van der Waals surface area contributed by atoms with Crippen molar-refractivity contribution in [3.05, 3.63) is 23.3 Å². The van der Waals surface area contributed by atoms with Crippen LogP contribution in [0.1, 0.15) is 11.1 Å². The Morgan fingerprint density at radius 1 is 1.57 bits per heavy atom. The quantitative estimate of drug-likeness (QED) is 0.585. The van der Waals surface area contributed by atoms with Crippen molar-refractivity contribution < 1.29 is 14.6 Å². The van der Waals surface area contributed by atoms with Gasteiger partial charge in [0.1, 0.15) is 11.5 Å². The van der Waals surface area contributed by atoms with Gasteiger partial charge in [0.25, 0.3) is 0 Å². The molecule has 0 bridgehead atoms. The van der Waals surface area contributed by atoms with Crippen molar-refractivity contribution >= 4 is 6.08 Å². The van der Waals surface area contributed by atoms with E-state index in [2.05, 4.69) is 4.99 Å². The van der Waals surface area contributed by atoms with Gasteiger partial charge in [0, 0.05) is 11.6 Å². The van der Waals surface area contributed by atoms with Gasteiger partial charge in [-0.1, -0.05) is 0 Å². The lowest BCUT2D eigenvalue weighted by Crippen LogP contribution is -1.94. The average molecular weight is 193 g/mol. The van der Waals surface area contributed by atoms with Crippen molar-refractivity contribution in [1.82, 2.24) is 0 Å². The predicted molar refractivity (Wildman–Crippen MR) is 51.2 cm³/mol. The molecule has 0 heterocycles. The smallest absolute Gasteiger partial charge is 0.235 e. The van der Waals surface area contributed by atoms with E-state index >= 15 is 0 Å². The Kier molecular flexibility index (Phi) is 3.26. The van der Waals surface area contributed by atoms with Gasteiger partial charge in [0.15, 0.2) is 0 Å². The van der Waals surface area contributed by atoms with Crippen molar-refractivity contribution in [2.75, 3.05) is 7.11 Å². The van der Waals surface area contributed by atoms with E-state index in [9.17, 15) is 9.90 Å². The highest BCUT2D eigenvalue weighted by molar-refractivity contribution is 5.46. The fourth-order valence-electron chi connectivity index (χ4n) is 1.26. The molecule has 0 saturated carbocycles. The lowest BCUT2D eigenvalue weighted by Gasteiger charge is -2.09. The number of hydrogen-bond acceptors (Lipinski definition) is 4. The standard InChI is InChI=1S/C10H11NO3/c1-7-3-8(13)4-10(14-2)9(7)5-11-6-12/h3-4,13H,5H2,1-2H3. The van der Waals surface area contributed by atoms with Crippen LogP contribution in [0.4, 0.5) is 0 Å². The number of rotatable bonds is 3. The normalized spacial score (nSPS) is 9.29. The number of carbonyl (C=O) groups excluding carboxylic acids is 1. The molecule has 14 heavy (non-hydrogen) atoms. The molecule has 0 radical (unpaired) electrons. The Morgan fingerprint density at radius 2 is 2.29 bits per heavy atom. The number of benzene rings is 1. The van der Waals surface area contributed by atoms with E-state index in [4.69, 9.17) is 4.74 Å². The van der Waals surface area contributed by atoms with Crippen LogP contribution >= 0.6 is 0 Å². The Bertz CT molecular complexity index is 381. The zero-order valence-electron chi connectivity index (χ0n) is 8.07. The van der Waals surface area contributed by atoms with E-state index in [1.165, 1.54) is 19.3 Å². The highest BCUT2D eigenvalue weighted by Gasteiger charge is 2.07. The predicted octanol–water partition coefficient (Wildman–Crippen LogP) is 1.55. The van der Waals surface area contributed by atoms with E-state index in [-0.39, 0.29) is 12.3 Å². The molecule has 1 aromatic carbocycles. The number of ether oxygens (including phenoxy) is 1. The molecular formula is C10H11NO3. The number of hydrogen-bond donors (Lipinski definition) is 1. The number of aryl methyl sites for hydroxylation is 1. The minimum Gasteiger partial charge on any atom is -0.508 e. The van der Waals surface area contributed by atoms with Gasteiger partial charge in [-0.3, -0.25) is 0 Å².